The molecule has 0 aliphatic carbocycles. The van der Waals surface area contributed by atoms with E-state index in [1.165, 1.54) is 37.8 Å². The molecule has 1 N–H and O–H groups in total. The van der Waals surface area contributed by atoms with Gasteiger partial charge in [0.15, 0.2) is 12.4 Å². The third-order valence-electron chi connectivity index (χ3n) is 4.45. The molecule has 31 heavy (non-hydrogen) atoms. The van der Waals surface area contributed by atoms with E-state index in [0.29, 0.717) is 0 Å². The van der Waals surface area contributed by atoms with Gasteiger partial charge in [0.25, 0.3) is 0 Å². The minimum absolute atomic E-state index is 1.21. The van der Waals surface area contributed by atoms with Gasteiger partial charge in [0.2, 0.25) is 0 Å². The van der Waals surface area contributed by atoms with Gasteiger partial charge in [-0.25, -0.2) is 23.6 Å². The first-order valence-corrected chi connectivity index (χ1v) is 11.3. The number of thioether (sulfide) groups is 1. The summed E-state index contributed by atoms with van der Waals surface area (Å²) in [6.07, 6.45) is 10.7. The van der Waals surface area contributed by atoms with Crippen molar-refractivity contribution in [1.82, 2.24) is 0 Å². The van der Waals surface area contributed by atoms with E-state index in [1.54, 1.807) is 0 Å². The molecular weight excluding hydrogens is 436 g/mol. The normalized spacial score (nSPS) is 17.6. The molecular formula is C23H21ClN2O4S. The van der Waals surface area contributed by atoms with Crippen LogP contribution in [0.25, 0.3) is 10.5 Å². The molecule has 2 aromatic rings. The first kappa shape index (κ1) is 23.0. The van der Waals surface area contributed by atoms with Crippen LogP contribution >= 0.6 is 11.8 Å². The van der Waals surface area contributed by atoms with Crippen LogP contribution in [0, 0.1) is 10.2 Å². The summed E-state index contributed by atoms with van der Waals surface area (Å²) in [6.45, 7) is 0. The number of hydrogen-bond acceptors (Lipinski definition) is 6. The Bertz CT molecular complexity index is 1050. The maximum Gasteiger partial charge on any atom is 0.175 e. The number of hydrogen-bond donors (Lipinski definition) is 1. The van der Waals surface area contributed by atoms with Crippen molar-refractivity contribution in [3.63, 3.8) is 0 Å². The van der Waals surface area contributed by atoms with Crippen LogP contribution in [0.2, 0.25) is 0 Å². The van der Waals surface area contributed by atoms with Crippen molar-refractivity contribution >= 4 is 34.1 Å². The van der Waals surface area contributed by atoms with E-state index in [4.69, 9.17) is 18.6 Å². The molecule has 0 amide bonds. The molecule has 8 heteroatoms. The predicted octanol–water partition coefficient (Wildman–Crippen LogP) is -0.899. The van der Waals surface area contributed by atoms with Gasteiger partial charge in [-0.2, -0.15) is 0 Å². The van der Waals surface area contributed by atoms with Gasteiger partial charge in [0, 0.05) is 35.7 Å². The molecule has 6 nitrogen and oxygen atoms in total. The fraction of sp³-hybridized carbons (Fsp3) is 0.0870. The van der Waals surface area contributed by atoms with Crippen molar-refractivity contribution in [3.05, 3.63) is 101 Å². The highest BCUT2D eigenvalue weighted by Crippen LogP contribution is 2.43. The van der Waals surface area contributed by atoms with Crippen LogP contribution in [0.4, 0.5) is 5.69 Å². The third kappa shape index (κ3) is 6.93. The summed E-state index contributed by atoms with van der Waals surface area (Å²) in [5, 5.41) is 0. The lowest BCUT2D eigenvalue weighted by atomic mass is 10.0. The van der Waals surface area contributed by atoms with Gasteiger partial charge in [0.05, 0.1) is 5.57 Å². The van der Waals surface area contributed by atoms with Crippen molar-refractivity contribution in [3.8, 4) is 0 Å². The Morgan fingerprint density at radius 2 is 1.48 bits per heavy atom. The molecule has 0 atom stereocenters. The molecule has 0 radical (unpaired) electrons. The molecule has 0 unspecified atom stereocenters. The van der Waals surface area contributed by atoms with E-state index in [1.807, 2.05) is 18.0 Å². The maximum atomic E-state index is 8.49. The Hall–Kier alpha value is -2.65. The van der Waals surface area contributed by atoms with E-state index in [9.17, 15) is 0 Å². The lowest BCUT2D eigenvalue weighted by molar-refractivity contribution is -2.00. The van der Waals surface area contributed by atoms with Gasteiger partial charge in [-0.05, 0) is 41.0 Å². The fourth-order valence-electron chi connectivity index (χ4n) is 2.98. The number of anilines is 1. The third-order valence-corrected chi connectivity index (χ3v) is 5.60. The molecule has 0 spiro atoms. The topological polar surface area (TPSA) is 109 Å². The van der Waals surface area contributed by atoms with Gasteiger partial charge in [0.1, 0.15) is 0 Å². The molecule has 2 aliphatic rings. The smallest absolute Gasteiger partial charge is 0.175 e. The van der Waals surface area contributed by atoms with E-state index < -0.39 is 10.2 Å². The van der Waals surface area contributed by atoms with E-state index in [2.05, 4.69) is 103 Å². The molecule has 0 aromatic heterocycles. The van der Waals surface area contributed by atoms with Gasteiger partial charge in [-0.1, -0.05) is 54.2 Å². The maximum absolute atomic E-state index is 8.49. The standard InChI is InChI=1S/C23H20N2S.ClHO4/c1-25(2)21-10-8-17(9-11-21)20-14-22(18-6-4-3-5-7-18)26-23(15-20)19-12-13-24-16-19;2-1(3,4)5/h3-16H,1-2H3;(H,2,3,4,5)/b23-19+;. The Balaban J connectivity index is 0.000000491. The number of benzene rings is 2. The number of nitrogens with zero attached hydrogens (tertiary/aromatic N) is 1. The average molecular weight is 457 g/mol. The molecule has 0 saturated carbocycles. The Labute approximate surface area is 187 Å². The lowest BCUT2D eigenvalue weighted by Gasteiger charge is -2.18. The molecule has 4 rings (SSSR count). The highest BCUT2D eigenvalue weighted by atomic mass is 35.7. The second-order valence-electron chi connectivity index (χ2n) is 6.86. The highest BCUT2D eigenvalue weighted by molar-refractivity contribution is 8.12. The molecule has 0 fully saturated rings. The summed E-state index contributed by atoms with van der Waals surface area (Å²) in [5.74, 6) is 0. The van der Waals surface area contributed by atoms with E-state index in [0.717, 1.165) is 0 Å². The van der Waals surface area contributed by atoms with E-state index in [-0.39, 0.29) is 0 Å². The monoisotopic (exact) mass is 456 g/mol. The Morgan fingerprint density at radius 1 is 0.839 bits per heavy atom. The quantitative estimate of drug-likeness (QED) is 0.641. The first-order valence-electron chi connectivity index (χ1n) is 9.27. The highest BCUT2D eigenvalue weighted by Gasteiger charge is 2.17. The van der Waals surface area contributed by atoms with Gasteiger partial charge in [-0.3, -0.25) is 0 Å². The largest absolute Gasteiger partial charge is 0.378 e. The van der Waals surface area contributed by atoms with Gasteiger partial charge < -0.3 is 4.90 Å². The second kappa shape index (κ2) is 10.1. The minimum atomic E-state index is -4.94. The van der Waals surface area contributed by atoms with Crippen LogP contribution in [0.15, 0.2) is 89.5 Å². The zero-order valence-corrected chi connectivity index (χ0v) is 18.5. The summed E-state index contributed by atoms with van der Waals surface area (Å²) in [4.78, 5) is 7.83. The molecule has 2 aromatic carbocycles. The number of halogens is 1. The van der Waals surface area contributed by atoms with Gasteiger partial charge >= 0.3 is 0 Å². The second-order valence-corrected chi connectivity index (χ2v) is 8.70. The molecule has 2 aliphatic heterocycles. The molecule has 2 heterocycles. The van der Waals surface area contributed by atoms with Crippen LogP contribution in [0.5, 0.6) is 0 Å². The Morgan fingerprint density at radius 3 is 2.03 bits per heavy atom. The van der Waals surface area contributed by atoms with Crippen LogP contribution < -0.4 is 28.5 Å². The minimum Gasteiger partial charge on any atom is -0.378 e. The van der Waals surface area contributed by atoms with Crippen LogP contribution in [-0.2, 0) is 0 Å². The summed E-state index contributed by atoms with van der Waals surface area (Å²) in [6, 6.07) is 19.3. The SMILES string of the molecule is CN(C)c1ccc(C2=C/C(=C3/C=C[NH+]=C3)SC(c3ccccc3)=C2)cc1.[O-][Cl+3]([O-])([O-])[O-]. The first-order chi connectivity index (χ1) is 14.7. The fourth-order valence-corrected chi connectivity index (χ4v) is 4.09. The van der Waals surface area contributed by atoms with Crippen molar-refractivity contribution < 1.29 is 33.9 Å². The van der Waals surface area contributed by atoms with Crippen molar-refractivity contribution in [2.45, 2.75) is 0 Å². The average Bonchev–Trinajstić information content (AvgIpc) is 3.28. The van der Waals surface area contributed by atoms with E-state index >= 15 is 0 Å². The number of allylic oxidation sites excluding steroid dienone is 5. The summed E-state index contributed by atoms with van der Waals surface area (Å²) < 4.78 is 34.0. The number of rotatable bonds is 3. The molecule has 0 saturated heterocycles. The lowest BCUT2D eigenvalue weighted by Crippen LogP contribution is -2.68. The zero-order chi connectivity index (χ0) is 22.4. The van der Waals surface area contributed by atoms with Crippen molar-refractivity contribution in [2.24, 2.45) is 0 Å². The predicted molar refractivity (Wildman–Crippen MR) is 114 cm³/mol. The summed E-state index contributed by atoms with van der Waals surface area (Å²) >= 11 is 1.82. The van der Waals surface area contributed by atoms with Crippen LogP contribution in [0.3, 0.4) is 0 Å². The Kier molecular flexibility index (Phi) is 7.50. The van der Waals surface area contributed by atoms with Gasteiger partial charge in [-0.15, -0.1) is 10.2 Å². The van der Waals surface area contributed by atoms with Crippen molar-refractivity contribution in [1.29, 1.82) is 0 Å². The molecule has 160 valence electrons. The van der Waals surface area contributed by atoms with Crippen LogP contribution in [0.1, 0.15) is 11.1 Å². The van der Waals surface area contributed by atoms with Crippen molar-refractivity contribution in [2.75, 3.05) is 19.0 Å². The molecule has 0 bridgehead atoms. The zero-order valence-electron chi connectivity index (χ0n) is 16.9. The summed E-state index contributed by atoms with van der Waals surface area (Å²) in [5.41, 5.74) is 6.16. The summed E-state index contributed by atoms with van der Waals surface area (Å²) in [7, 11) is -0.812. The number of nitrogens with one attached hydrogen (secondary N) is 1. The van der Waals surface area contributed by atoms with Crippen LogP contribution in [-0.4, -0.2) is 20.3 Å².